The number of amides is 1. The molecule has 0 spiro atoms. The van der Waals surface area contributed by atoms with Crippen molar-refractivity contribution < 1.29 is 4.79 Å². The summed E-state index contributed by atoms with van der Waals surface area (Å²) in [6.45, 7) is 3.49. The fourth-order valence-electron chi connectivity index (χ4n) is 3.81. The van der Waals surface area contributed by atoms with Crippen LogP contribution < -0.4 is 10.6 Å². The second-order valence-corrected chi connectivity index (χ2v) is 7.06. The van der Waals surface area contributed by atoms with Crippen molar-refractivity contribution in [2.45, 2.75) is 18.9 Å². The zero-order valence-corrected chi connectivity index (χ0v) is 15.5. The molecule has 0 radical (unpaired) electrons. The second kappa shape index (κ2) is 7.36. The molecule has 0 saturated carbocycles. The fourth-order valence-corrected chi connectivity index (χ4v) is 3.81. The highest BCUT2D eigenvalue weighted by molar-refractivity contribution is 5.81. The van der Waals surface area contributed by atoms with Gasteiger partial charge in [0.05, 0.1) is 23.8 Å². The molecule has 1 fully saturated rings. The van der Waals surface area contributed by atoms with Crippen molar-refractivity contribution in [3.8, 4) is 5.69 Å². The molecule has 1 aliphatic heterocycles. The predicted molar refractivity (Wildman–Crippen MR) is 102 cm³/mol. The number of benzene rings is 1. The normalized spacial score (nSPS) is 20.5. The average Bonchev–Trinajstić information content (AvgIpc) is 3.42. The number of nitrogens with zero attached hydrogens (tertiary/aromatic N) is 4. The Labute approximate surface area is 158 Å². The van der Waals surface area contributed by atoms with E-state index in [-0.39, 0.29) is 23.8 Å². The molecular weight excluding hydrogens is 340 g/mol. The van der Waals surface area contributed by atoms with Crippen LogP contribution in [0.4, 0.5) is 0 Å². The number of carbonyl (C=O) groups excluding carboxylic acids is 1. The summed E-state index contributed by atoms with van der Waals surface area (Å²) in [5.41, 5.74) is 3.12. The highest BCUT2D eigenvalue weighted by Gasteiger charge is 2.35. The van der Waals surface area contributed by atoms with Crippen molar-refractivity contribution in [1.82, 2.24) is 30.2 Å². The molecule has 1 aliphatic rings. The minimum absolute atomic E-state index is 0.0663. The first-order chi connectivity index (χ1) is 13.1. The maximum absolute atomic E-state index is 13.0. The van der Waals surface area contributed by atoms with Crippen LogP contribution in [-0.4, -0.2) is 38.6 Å². The largest absolute Gasteiger partial charge is 0.349 e. The van der Waals surface area contributed by atoms with Gasteiger partial charge < -0.3 is 10.6 Å². The van der Waals surface area contributed by atoms with Gasteiger partial charge in [0, 0.05) is 44.6 Å². The van der Waals surface area contributed by atoms with E-state index in [1.54, 1.807) is 10.9 Å². The van der Waals surface area contributed by atoms with Gasteiger partial charge in [-0.05, 0) is 30.2 Å². The summed E-state index contributed by atoms with van der Waals surface area (Å²) in [5.74, 6) is 0.109. The Balaban J connectivity index is 1.52. The van der Waals surface area contributed by atoms with E-state index in [4.69, 9.17) is 0 Å². The van der Waals surface area contributed by atoms with Crippen LogP contribution in [0.2, 0.25) is 0 Å². The van der Waals surface area contributed by atoms with Crippen LogP contribution in [0.5, 0.6) is 0 Å². The molecule has 1 saturated heterocycles. The van der Waals surface area contributed by atoms with E-state index < -0.39 is 0 Å². The lowest BCUT2D eigenvalue weighted by atomic mass is 9.90. The molecule has 140 valence electrons. The lowest BCUT2D eigenvalue weighted by molar-refractivity contribution is -0.125. The first kappa shape index (κ1) is 17.5. The zero-order valence-electron chi connectivity index (χ0n) is 15.5. The number of rotatable bonds is 5. The Morgan fingerprint density at radius 2 is 2.11 bits per heavy atom. The fraction of sp³-hybridized carbons (Fsp3) is 0.350. The molecule has 3 aromatic rings. The number of nitrogens with one attached hydrogen (secondary N) is 2. The van der Waals surface area contributed by atoms with Gasteiger partial charge in [0.1, 0.15) is 0 Å². The van der Waals surface area contributed by atoms with Crippen molar-refractivity contribution in [3.63, 3.8) is 0 Å². The first-order valence-corrected chi connectivity index (χ1v) is 9.22. The Morgan fingerprint density at radius 1 is 1.26 bits per heavy atom. The summed E-state index contributed by atoms with van der Waals surface area (Å²) in [6, 6.07) is 9.79. The smallest absolute Gasteiger partial charge is 0.225 e. The van der Waals surface area contributed by atoms with E-state index in [1.807, 2.05) is 67.6 Å². The summed E-state index contributed by atoms with van der Waals surface area (Å²) >= 11 is 0. The van der Waals surface area contributed by atoms with Crippen molar-refractivity contribution in [2.24, 2.45) is 13.0 Å². The SMILES string of the molecule is CC(NC(=O)[C@H]1CNC[C@@H]1c1cnn(C)c1)c1ccccc1-n1cccn1. The number of para-hydroxylation sites is 1. The van der Waals surface area contributed by atoms with E-state index in [1.165, 1.54) is 0 Å². The Morgan fingerprint density at radius 3 is 2.85 bits per heavy atom. The minimum Gasteiger partial charge on any atom is -0.349 e. The number of carbonyl (C=O) groups is 1. The summed E-state index contributed by atoms with van der Waals surface area (Å²) in [7, 11) is 1.90. The third kappa shape index (κ3) is 3.50. The maximum atomic E-state index is 13.0. The van der Waals surface area contributed by atoms with Gasteiger partial charge in [-0.15, -0.1) is 0 Å². The van der Waals surface area contributed by atoms with Gasteiger partial charge in [0.25, 0.3) is 0 Å². The summed E-state index contributed by atoms with van der Waals surface area (Å²) in [5, 5.41) is 15.1. The first-order valence-electron chi connectivity index (χ1n) is 9.22. The Bertz CT molecular complexity index is 916. The van der Waals surface area contributed by atoms with Crippen LogP contribution in [-0.2, 0) is 11.8 Å². The maximum Gasteiger partial charge on any atom is 0.225 e. The molecule has 7 heteroatoms. The summed E-state index contributed by atoms with van der Waals surface area (Å²) in [4.78, 5) is 13.0. The van der Waals surface area contributed by atoms with Crippen LogP contribution in [0.1, 0.15) is 30.0 Å². The molecule has 3 atom stereocenters. The molecule has 4 rings (SSSR count). The minimum atomic E-state index is -0.118. The molecule has 1 aromatic carbocycles. The van der Waals surface area contributed by atoms with Crippen molar-refractivity contribution in [2.75, 3.05) is 13.1 Å². The van der Waals surface area contributed by atoms with E-state index in [2.05, 4.69) is 20.8 Å². The Kier molecular flexibility index (Phi) is 4.77. The van der Waals surface area contributed by atoms with Crippen LogP contribution >= 0.6 is 0 Å². The molecule has 0 aliphatic carbocycles. The standard InChI is InChI=1S/C20H24N6O/c1-14(16-6-3-4-7-19(16)26-9-5-8-22-26)24-20(27)18-12-21-11-17(18)15-10-23-25(2)13-15/h3-10,13-14,17-18,21H,11-12H2,1-2H3,(H,24,27)/t14?,17-,18+/m1/s1. The predicted octanol–water partition coefficient (Wildman–Crippen LogP) is 1.79. The van der Waals surface area contributed by atoms with Crippen LogP contribution in [0.3, 0.4) is 0 Å². The van der Waals surface area contributed by atoms with Gasteiger partial charge >= 0.3 is 0 Å². The van der Waals surface area contributed by atoms with Crippen molar-refractivity contribution >= 4 is 5.91 Å². The lowest BCUT2D eigenvalue weighted by Crippen LogP contribution is -2.36. The highest BCUT2D eigenvalue weighted by Crippen LogP contribution is 2.29. The number of hydrogen-bond donors (Lipinski definition) is 2. The van der Waals surface area contributed by atoms with E-state index in [9.17, 15) is 4.79 Å². The van der Waals surface area contributed by atoms with Crippen molar-refractivity contribution in [3.05, 3.63) is 66.2 Å². The molecule has 2 N–H and O–H groups in total. The van der Waals surface area contributed by atoms with Gasteiger partial charge in [-0.3, -0.25) is 9.48 Å². The average molecular weight is 364 g/mol. The van der Waals surface area contributed by atoms with Crippen LogP contribution in [0.15, 0.2) is 55.1 Å². The van der Waals surface area contributed by atoms with Crippen LogP contribution in [0.25, 0.3) is 5.69 Å². The zero-order chi connectivity index (χ0) is 18.8. The third-order valence-electron chi connectivity index (χ3n) is 5.22. The molecule has 1 unspecified atom stereocenters. The summed E-state index contributed by atoms with van der Waals surface area (Å²) in [6.07, 6.45) is 7.51. The molecule has 1 amide bonds. The van der Waals surface area contributed by atoms with Gasteiger partial charge in [-0.1, -0.05) is 18.2 Å². The molecule has 3 heterocycles. The summed E-state index contributed by atoms with van der Waals surface area (Å²) < 4.78 is 3.61. The molecule has 27 heavy (non-hydrogen) atoms. The van der Waals surface area contributed by atoms with Gasteiger partial charge in [-0.25, -0.2) is 4.68 Å². The van der Waals surface area contributed by atoms with Gasteiger partial charge in [-0.2, -0.15) is 10.2 Å². The van der Waals surface area contributed by atoms with Crippen LogP contribution in [0, 0.1) is 5.92 Å². The Hall–Kier alpha value is -2.93. The van der Waals surface area contributed by atoms with E-state index in [0.717, 1.165) is 23.4 Å². The van der Waals surface area contributed by atoms with Gasteiger partial charge in [0.2, 0.25) is 5.91 Å². The molecular formula is C20H24N6O. The van der Waals surface area contributed by atoms with Gasteiger partial charge in [0.15, 0.2) is 0 Å². The topological polar surface area (TPSA) is 76.8 Å². The highest BCUT2D eigenvalue weighted by atomic mass is 16.2. The number of aryl methyl sites for hydroxylation is 1. The number of aromatic nitrogens is 4. The molecule has 7 nitrogen and oxygen atoms in total. The molecule has 0 bridgehead atoms. The monoisotopic (exact) mass is 364 g/mol. The van der Waals surface area contributed by atoms with E-state index in [0.29, 0.717) is 6.54 Å². The molecule has 2 aromatic heterocycles. The quantitative estimate of drug-likeness (QED) is 0.724. The van der Waals surface area contributed by atoms with E-state index >= 15 is 0 Å². The second-order valence-electron chi connectivity index (χ2n) is 7.06. The van der Waals surface area contributed by atoms with Crippen molar-refractivity contribution in [1.29, 1.82) is 0 Å². The third-order valence-corrected chi connectivity index (χ3v) is 5.22. The lowest BCUT2D eigenvalue weighted by Gasteiger charge is -2.22. The number of hydrogen-bond acceptors (Lipinski definition) is 4.